The molecule has 1 nitrogen and oxygen atoms in total. The highest BCUT2D eigenvalue weighted by Crippen LogP contribution is 2.31. The van der Waals surface area contributed by atoms with Crippen molar-refractivity contribution in [3.63, 3.8) is 0 Å². The molecule has 0 fully saturated rings. The van der Waals surface area contributed by atoms with E-state index in [2.05, 4.69) is 6.92 Å². The van der Waals surface area contributed by atoms with Gasteiger partial charge in [0.05, 0.1) is 0 Å². The summed E-state index contributed by atoms with van der Waals surface area (Å²) in [5.74, 6) is 0.567. The van der Waals surface area contributed by atoms with Gasteiger partial charge >= 0.3 is 0 Å². The average molecular weight is 145 g/mol. The number of aldehydes is 1. The highest BCUT2D eigenvalue weighted by atomic mass is 35.5. The first-order valence-corrected chi connectivity index (χ1v) is 3.44. The lowest BCUT2D eigenvalue weighted by molar-refractivity contribution is -0.105. The summed E-state index contributed by atoms with van der Waals surface area (Å²) in [7, 11) is 0. The Hall–Kier alpha value is -0.300. The van der Waals surface area contributed by atoms with Gasteiger partial charge in [0, 0.05) is 10.6 Å². The highest BCUT2D eigenvalue weighted by molar-refractivity contribution is 6.31. The van der Waals surface area contributed by atoms with Crippen LogP contribution in [0.5, 0.6) is 0 Å². The minimum atomic E-state index is 0.567. The van der Waals surface area contributed by atoms with Crippen molar-refractivity contribution in [2.24, 2.45) is 5.92 Å². The van der Waals surface area contributed by atoms with Crippen molar-refractivity contribution in [3.05, 3.63) is 10.6 Å². The fourth-order valence-electron chi connectivity index (χ4n) is 1.11. The number of allylic oxidation sites excluding steroid dienone is 2. The molecule has 1 aliphatic rings. The van der Waals surface area contributed by atoms with Gasteiger partial charge in [-0.3, -0.25) is 4.79 Å². The third kappa shape index (κ3) is 1.33. The van der Waals surface area contributed by atoms with E-state index in [1.54, 1.807) is 0 Å². The highest BCUT2D eigenvalue weighted by Gasteiger charge is 2.18. The van der Waals surface area contributed by atoms with E-state index in [1.807, 2.05) is 0 Å². The van der Waals surface area contributed by atoms with Gasteiger partial charge in [-0.15, -0.1) is 0 Å². The van der Waals surface area contributed by atoms with Crippen LogP contribution in [0.3, 0.4) is 0 Å². The van der Waals surface area contributed by atoms with E-state index < -0.39 is 0 Å². The molecule has 1 aliphatic carbocycles. The molecule has 1 unspecified atom stereocenters. The largest absolute Gasteiger partial charge is 0.298 e. The number of rotatable bonds is 1. The van der Waals surface area contributed by atoms with Crippen LogP contribution in [0.2, 0.25) is 0 Å². The molecular formula is C7H9ClO. The first-order valence-electron chi connectivity index (χ1n) is 3.06. The van der Waals surface area contributed by atoms with Gasteiger partial charge < -0.3 is 0 Å². The van der Waals surface area contributed by atoms with Gasteiger partial charge in [-0.05, 0) is 18.8 Å². The molecule has 0 saturated heterocycles. The van der Waals surface area contributed by atoms with Crippen molar-refractivity contribution in [1.29, 1.82) is 0 Å². The van der Waals surface area contributed by atoms with Crippen molar-refractivity contribution in [1.82, 2.24) is 0 Å². The summed E-state index contributed by atoms with van der Waals surface area (Å²) in [5, 5.41) is 0.762. The van der Waals surface area contributed by atoms with Crippen LogP contribution < -0.4 is 0 Å². The van der Waals surface area contributed by atoms with Crippen molar-refractivity contribution in [2.75, 3.05) is 0 Å². The molecule has 0 aliphatic heterocycles. The zero-order valence-electron chi connectivity index (χ0n) is 5.36. The van der Waals surface area contributed by atoms with E-state index in [1.165, 1.54) is 0 Å². The number of halogens is 1. The number of carbonyl (C=O) groups is 1. The van der Waals surface area contributed by atoms with Gasteiger partial charge in [-0.1, -0.05) is 18.5 Å². The van der Waals surface area contributed by atoms with Gasteiger partial charge in [0.25, 0.3) is 0 Å². The molecule has 0 aromatic heterocycles. The molecule has 0 aromatic rings. The molecule has 0 radical (unpaired) electrons. The van der Waals surface area contributed by atoms with Crippen LogP contribution in [0.15, 0.2) is 10.6 Å². The lowest BCUT2D eigenvalue weighted by Crippen LogP contribution is -1.85. The molecule has 9 heavy (non-hydrogen) atoms. The Labute approximate surface area is 59.7 Å². The SMILES string of the molecule is CC1CC(Cl)=C(C=O)C1. The van der Waals surface area contributed by atoms with Crippen LogP contribution in [0.25, 0.3) is 0 Å². The number of carbonyl (C=O) groups excluding carboxylic acids is 1. The van der Waals surface area contributed by atoms with Gasteiger partial charge in [-0.2, -0.15) is 0 Å². The van der Waals surface area contributed by atoms with Crippen LogP contribution >= 0.6 is 11.6 Å². The van der Waals surface area contributed by atoms with Gasteiger partial charge in [0.2, 0.25) is 0 Å². The Morgan fingerprint density at radius 3 is 2.56 bits per heavy atom. The second kappa shape index (κ2) is 2.53. The second-order valence-electron chi connectivity index (χ2n) is 2.56. The molecule has 0 bridgehead atoms. The molecule has 1 rings (SSSR count). The van der Waals surface area contributed by atoms with E-state index in [9.17, 15) is 4.79 Å². The predicted molar refractivity (Wildman–Crippen MR) is 37.3 cm³/mol. The summed E-state index contributed by atoms with van der Waals surface area (Å²) in [6, 6.07) is 0. The zero-order chi connectivity index (χ0) is 6.85. The Bertz CT molecular complexity index is 160. The average Bonchev–Trinajstić information content (AvgIpc) is 2.10. The molecule has 0 spiro atoms. The van der Waals surface area contributed by atoms with Gasteiger partial charge in [0.1, 0.15) is 6.29 Å². The topological polar surface area (TPSA) is 17.1 Å². The van der Waals surface area contributed by atoms with Gasteiger partial charge in [-0.25, -0.2) is 0 Å². The molecule has 0 N–H and O–H groups in total. The maximum Gasteiger partial charge on any atom is 0.147 e. The molecule has 50 valence electrons. The van der Waals surface area contributed by atoms with E-state index in [4.69, 9.17) is 11.6 Å². The van der Waals surface area contributed by atoms with Crippen molar-refractivity contribution >= 4 is 17.9 Å². The van der Waals surface area contributed by atoms with Crippen LogP contribution in [-0.2, 0) is 4.79 Å². The van der Waals surface area contributed by atoms with Crippen LogP contribution in [0.4, 0.5) is 0 Å². The third-order valence-corrected chi connectivity index (χ3v) is 1.98. The minimum absolute atomic E-state index is 0.567. The summed E-state index contributed by atoms with van der Waals surface area (Å²) in [6.45, 7) is 2.10. The number of hydrogen-bond acceptors (Lipinski definition) is 1. The van der Waals surface area contributed by atoms with E-state index in [0.717, 1.165) is 29.7 Å². The van der Waals surface area contributed by atoms with Crippen molar-refractivity contribution in [2.45, 2.75) is 19.8 Å². The molecule has 1 atom stereocenters. The Morgan fingerprint density at radius 2 is 2.33 bits per heavy atom. The fourth-order valence-corrected chi connectivity index (χ4v) is 1.49. The maximum absolute atomic E-state index is 10.2. The first kappa shape index (κ1) is 6.81. The molecule has 2 heteroatoms. The summed E-state index contributed by atoms with van der Waals surface area (Å²) in [4.78, 5) is 10.2. The molecular weight excluding hydrogens is 136 g/mol. The summed E-state index contributed by atoms with van der Waals surface area (Å²) < 4.78 is 0. The van der Waals surface area contributed by atoms with E-state index >= 15 is 0 Å². The smallest absolute Gasteiger partial charge is 0.147 e. The van der Waals surface area contributed by atoms with E-state index in [0.29, 0.717) is 5.92 Å². The van der Waals surface area contributed by atoms with E-state index in [-0.39, 0.29) is 0 Å². The quantitative estimate of drug-likeness (QED) is 0.516. The maximum atomic E-state index is 10.2. The third-order valence-electron chi connectivity index (χ3n) is 1.59. The van der Waals surface area contributed by atoms with Gasteiger partial charge in [0.15, 0.2) is 0 Å². The molecule has 0 amide bonds. The summed E-state index contributed by atoms with van der Waals surface area (Å²) in [5.41, 5.74) is 0.796. The predicted octanol–water partition coefficient (Wildman–Crippen LogP) is 2.11. The first-order chi connectivity index (χ1) is 4.24. The lowest BCUT2D eigenvalue weighted by Gasteiger charge is -1.94. The Morgan fingerprint density at radius 1 is 1.67 bits per heavy atom. The van der Waals surface area contributed by atoms with Crippen molar-refractivity contribution < 1.29 is 4.79 Å². The minimum Gasteiger partial charge on any atom is -0.298 e. The second-order valence-corrected chi connectivity index (χ2v) is 3.02. The van der Waals surface area contributed by atoms with Crippen molar-refractivity contribution in [3.8, 4) is 0 Å². The molecule has 0 saturated carbocycles. The fraction of sp³-hybridized carbons (Fsp3) is 0.571. The van der Waals surface area contributed by atoms with Crippen LogP contribution in [0, 0.1) is 5.92 Å². The van der Waals surface area contributed by atoms with Crippen LogP contribution in [0.1, 0.15) is 19.8 Å². The summed E-state index contributed by atoms with van der Waals surface area (Å²) in [6.07, 6.45) is 2.61. The summed E-state index contributed by atoms with van der Waals surface area (Å²) >= 11 is 5.72. The molecule has 0 heterocycles. The Balaban J connectivity index is 2.69. The number of hydrogen-bond donors (Lipinski definition) is 0. The van der Waals surface area contributed by atoms with Crippen LogP contribution in [-0.4, -0.2) is 6.29 Å². The Kier molecular flexibility index (Phi) is 1.91. The normalized spacial score (nSPS) is 27.1. The molecule has 0 aromatic carbocycles. The lowest BCUT2D eigenvalue weighted by atomic mass is 10.1. The standard InChI is InChI=1S/C7H9ClO/c1-5-2-6(4-9)7(8)3-5/h4-5H,2-3H2,1H3. The zero-order valence-corrected chi connectivity index (χ0v) is 6.11. The monoisotopic (exact) mass is 144 g/mol.